The van der Waals surface area contributed by atoms with Crippen LogP contribution in [-0.4, -0.2) is 30.6 Å². The summed E-state index contributed by atoms with van der Waals surface area (Å²) in [6, 6.07) is 6.17. The van der Waals surface area contributed by atoms with Crippen molar-refractivity contribution >= 4 is 23.6 Å². The highest BCUT2D eigenvalue weighted by Crippen LogP contribution is 2.29. The van der Waals surface area contributed by atoms with Gasteiger partial charge in [0.15, 0.2) is 0 Å². The molecule has 130 valence electrons. The number of rotatable bonds is 6. The van der Waals surface area contributed by atoms with Crippen molar-refractivity contribution in [3.8, 4) is 5.75 Å². The van der Waals surface area contributed by atoms with E-state index in [2.05, 4.69) is 10.6 Å². The summed E-state index contributed by atoms with van der Waals surface area (Å²) in [4.78, 5) is 24.2. The molecule has 1 atom stereocenters. The van der Waals surface area contributed by atoms with E-state index in [4.69, 9.17) is 21.1 Å². The number of carbonyl (C=O) groups excluding carboxylic acids is 2. The van der Waals surface area contributed by atoms with Crippen molar-refractivity contribution in [2.75, 3.05) is 12.5 Å². The zero-order valence-electron chi connectivity index (χ0n) is 13.9. The standard InChI is InChI=1S/C17H21ClN2O4/c1-4-23-16(21)14-13(9-18)19-17(22)20-15(14)11-5-7-12(8-6-11)24-10(2)3/h5-8,10,15H,4,9H2,1-3H3,(H2,19,20,22)/t15-/m0/s1. The Morgan fingerprint density at radius 2 is 1.96 bits per heavy atom. The molecule has 0 aromatic heterocycles. The zero-order chi connectivity index (χ0) is 17.7. The van der Waals surface area contributed by atoms with Gasteiger partial charge in [0.25, 0.3) is 0 Å². The van der Waals surface area contributed by atoms with Crippen molar-refractivity contribution in [2.45, 2.75) is 32.9 Å². The Labute approximate surface area is 146 Å². The summed E-state index contributed by atoms with van der Waals surface area (Å²) < 4.78 is 10.7. The Morgan fingerprint density at radius 3 is 2.50 bits per heavy atom. The summed E-state index contributed by atoms with van der Waals surface area (Å²) in [6.07, 6.45) is 0.0623. The van der Waals surface area contributed by atoms with E-state index in [1.54, 1.807) is 31.2 Å². The minimum absolute atomic E-state index is 0.00656. The largest absolute Gasteiger partial charge is 0.491 e. The highest BCUT2D eigenvalue weighted by Gasteiger charge is 2.33. The fraction of sp³-hybridized carbons (Fsp3) is 0.412. The van der Waals surface area contributed by atoms with Crippen molar-refractivity contribution in [2.24, 2.45) is 0 Å². The number of benzene rings is 1. The number of alkyl halides is 1. The molecular weight excluding hydrogens is 332 g/mol. The molecule has 2 rings (SSSR count). The quantitative estimate of drug-likeness (QED) is 0.609. The second-order valence-corrected chi connectivity index (χ2v) is 5.78. The molecule has 2 amide bonds. The molecular formula is C17H21ClN2O4. The Morgan fingerprint density at radius 1 is 1.29 bits per heavy atom. The fourth-order valence-electron chi connectivity index (χ4n) is 2.43. The summed E-state index contributed by atoms with van der Waals surface area (Å²) in [5.41, 5.74) is 1.40. The summed E-state index contributed by atoms with van der Waals surface area (Å²) >= 11 is 5.89. The van der Waals surface area contributed by atoms with Gasteiger partial charge in [0, 0.05) is 5.70 Å². The summed E-state index contributed by atoms with van der Waals surface area (Å²) in [5.74, 6) is 0.216. The highest BCUT2D eigenvalue weighted by molar-refractivity contribution is 6.20. The summed E-state index contributed by atoms with van der Waals surface area (Å²) in [7, 11) is 0. The summed E-state index contributed by atoms with van der Waals surface area (Å²) in [5, 5.41) is 5.30. The molecule has 24 heavy (non-hydrogen) atoms. The van der Waals surface area contributed by atoms with Crippen LogP contribution in [0.15, 0.2) is 35.5 Å². The Balaban J connectivity index is 2.37. The van der Waals surface area contributed by atoms with Crippen LogP contribution in [0.4, 0.5) is 4.79 Å². The number of urea groups is 1. The SMILES string of the molecule is CCOC(=O)C1=C(CCl)NC(=O)N[C@H]1c1ccc(OC(C)C)cc1. The lowest BCUT2D eigenvalue weighted by Crippen LogP contribution is -2.46. The maximum Gasteiger partial charge on any atom is 0.338 e. The van der Waals surface area contributed by atoms with Crippen LogP contribution in [0.2, 0.25) is 0 Å². The van der Waals surface area contributed by atoms with E-state index in [1.165, 1.54) is 0 Å². The topological polar surface area (TPSA) is 76.7 Å². The molecule has 0 saturated heterocycles. The van der Waals surface area contributed by atoms with E-state index < -0.39 is 18.0 Å². The van der Waals surface area contributed by atoms with E-state index >= 15 is 0 Å². The molecule has 0 aliphatic carbocycles. The number of carbonyl (C=O) groups is 2. The lowest BCUT2D eigenvalue weighted by molar-refractivity contribution is -0.139. The lowest BCUT2D eigenvalue weighted by Gasteiger charge is -2.28. The molecule has 0 unspecified atom stereocenters. The second-order valence-electron chi connectivity index (χ2n) is 5.51. The summed E-state index contributed by atoms with van der Waals surface area (Å²) in [6.45, 7) is 5.84. The van der Waals surface area contributed by atoms with E-state index in [-0.39, 0.29) is 18.6 Å². The van der Waals surface area contributed by atoms with Crippen LogP contribution < -0.4 is 15.4 Å². The van der Waals surface area contributed by atoms with E-state index in [9.17, 15) is 9.59 Å². The van der Waals surface area contributed by atoms with Gasteiger partial charge in [-0.2, -0.15) is 0 Å². The molecule has 6 nitrogen and oxygen atoms in total. The van der Waals surface area contributed by atoms with Gasteiger partial charge in [-0.3, -0.25) is 0 Å². The molecule has 1 heterocycles. The van der Waals surface area contributed by atoms with Crippen LogP contribution in [0, 0.1) is 0 Å². The lowest BCUT2D eigenvalue weighted by atomic mass is 9.95. The van der Waals surface area contributed by atoms with Gasteiger partial charge in [-0.05, 0) is 38.5 Å². The third-order valence-electron chi connectivity index (χ3n) is 3.37. The molecule has 1 aliphatic heterocycles. The van der Waals surface area contributed by atoms with Gasteiger partial charge in [0.2, 0.25) is 0 Å². The monoisotopic (exact) mass is 352 g/mol. The number of amides is 2. The van der Waals surface area contributed by atoms with Gasteiger partial charge in [0.05, 0.1) is 30.2 Å². The Kier molecular flexibility index (Phi) is 6.09. The van der Waals surface area contributed by atoms with Crippen molar-refractivity contribution < 1.29 is 19.1 Å². The number of nitrogens with one attached hydrogen (secondary N) is 2. The molecule has 0 bridgehead atoms. The van der Waals surface area contributed by atoms with Crippen LogP contribution in [-0.2, 0) is 9.53 Å². The normalized spacial score (nSPS) is 17.4. The minimum atomic E-state index is -0.625. The van der Waals surface area contributed by atoms with Crippen LogP contribution in [0.25, 0.3) is 0 Å². The molecule has 1 aliphatic rings. The number of halogens is 1. The predicted molar refractivity (Wildman–Crippen MR) is 91.0 cm³/mol. The first-order valence-electron chi connectivity index (χ1n) is 7.76. The molecule has 0 saturated carbocycles. The van der Waals surface area contributed by atoms with Gasteiger partial charge in [-0.25, -0.2) is 9.59 Å². The predicted octanol–water partition coefficient (Wildman–Crippen LogP) is 2.88. The number of ether oxygens (including phenoxy) is 2. The fourth-order valence-corrected chi connectivity index (χ4v) is 2.65. The number of allylic oxidation sites excluding steroid dienone is 1. The Hall–Kier alpha value is -2.21. The van der Waals surface area contributed by atoms with Gasteiger partial charge in [0.1, 0.15) is 5.75 Å². The Bertz CT molecular complexity index is 640. The first-order chi connectivity index (χ1) is 11.5. The molecule has 2 N–H and O–H groups in total. The highest BCUT2D eigenvalue weighted by atomic mass is 35.5. The number of hydrogen-bond donors (Lipinski definition) is 2. The van der Waals surface area contributed by atoms with Crippen molar-refractivity contribution in [1.29, 1.82) is 0 Å². The van der Waals surface area contributed by atoms with E-state index in [1.807, 2.05) is 13.8 Å². The van der Waals surface area contributed by atoms with Gasteiger partial charge in [-0.1, -0.05) is 12.1 Å². The average molecular weight is 353 g/mol. The van der Waals surface area contributed by atoms with E-state index in [0.717, 1.165) is 5.56 Å². The third kappa shape index (κ3) is 4.20. The minimum Gasteiger partial charge on any atom is -0.491 e. The molecule has 7 heteroatoms. The smallest absolute Gasteiger partial charge is 0.338 e. The first-order valence-corrected chi connectivity index (χ1v) is 8.30. The molecule has 1 aromatic carbocycles. The van der Waals surface area contributed by atoms with Crippen LogP contribution in [0.3, 0.4) is 0 Å². The molecule has 0 spiro atoms. The van der Waals surface area contributed by atoms with Gasteiger partial charge in [-0.15, -0.1) is 11.6 Å². The van der Waals surface area contributed by atoms with Gasteiger partial charge < -0.3 is 20.1 Å². The first kappa shape index (κ1) is 18.1. The maximum atomic E-state index is 12.3. The van der Waals surface area contributed by atoms with Crippen molar-refractivity contribution in [3.05, 3.63) is 41.1 Å². The van der Waals surface area contributed by atoms with Crippen LogP contribution >= 0.6 is 11.6 Å². The third-order valence-corrected chi connectivity index (χ3v) is 3.64. The maximum absolute atomic E-state index is 12.3. The van der Waals surface area contributed by atoms with Crippen LogP contribution in [0.5, 0.6) is 5.75 Å². The van der Waals surface area contributed by atoms with Gasteiger partial charge >= 0.3 is 12.0 Å². The molecule has 1 aromatic rings. The molecule has 0 radical (unpaired) electrons. The average Bonchev–Trinajstić information content (AvgIpc) is 2.54. The molecule has 0 fully saturated rings. The second kappa shape index (κ2) is 8.06. The van der Waals surface area contributed by atoms with Crippen molar-refractivity contribution in [3.63, 3.8) is 0 Å². The number of hydrogen-bond acceptors (Lipinski definition) is 4. The zero-order valence-corrected chi connectivity index (χ0v) is 14.6. The van der Waals surface area contributed by atoms with Crippen molar-refractivity contribution in [1.82, 2.24) is 10.6 Å². The van der Waals surface area contributed by atoms with E-state index in [0.29, 0.717) is 17.0 Å². The number of esters is 1. The van der Waals surface area contributed by atoms with Crippen LogP contribution in [0.1, 0.15) is 32.4 Å².